The van der Waals surface area contributed by atoms with Gasteiger partial charge < -0.3 is 19.3 Å². The number of pyridine rings is 1. The van der Waals surface area contributed by atoms with Crippen LogP contribution in [0.15, 0.2) is 12.1 Å². The van der Waals surface area contributed by atoms with Crippen molar-refractivity contribution >= 4 is 0 Å². The van der Waals surface area contributed by atoms with Crippen molar-refractivity contribution in [2.75, 3.05) is 33.5 Å². The Morgan fingerprint density at radius 2 is 2.00 bits per heavy atom. The molecule has 18 heavy (non-hydrogen) atoms. The summed E-state index contributed by atoms with van der Waals surface area (Å²) in [7, 11) is 1.65. The Kier molecular flexibility index (Phi) is 7.32. The summed E-state index contributed by atoms with van der Waals surface area (Å²) in [5, 5.41) is 9.02. The quantitative estimate of drug-likeness (QED) is 0.674. The first-order valence-corrected chi connectivity index (χ1v) is 6.04. The lowest BCUT2D eigenvalue weighted by atomic mass is 10.2. The van der Waals surface area contributed by atoms with E-state index in [4.69, 9.17) is 19.3 Å². The Balaban J connectivity index is 2.17. The highest BCUT2D eigenvalue weighted by Gasteiger charge is 2.01. The van der Waals surface area contributed by atoms with Crippen molar-refractivity contribution in [1.82, 2.24) is 4.98 Å². The average molecular weight is 255 g/mol. The van der Waals surface area contributed by atoms with Crippen molar-refractivity contribution in [2.45, 2.75) is 20.0 Å². The van der Waals surface area contributed by atoms with E-state index in [1.54, 1.807) is 13.2 Å². The molecule has 0 unspecified atom stereocenters. The molecule has 0 amide bonds. The zero-order chi connectivity index (χ0) is 13.2. The first-order valence-electron chi connectivity index (χ1n) is 6.04. The van der Waals surface area contributed by atoms with E-state index in [-0.39, 0.29) is 6.61 Å². The van der Waals surface area contributed by atoms with Crippen LogP contribution < -0.4 is 4.74 Å². The van der Waals surface area contributed by atoms with E-state index < -0.39 is 0 Å². The van der Waals surface area contributed by atoms with Crippen LogP contribution in [-0.4, -0.2) is 43.6 Å². The second kappa shape index (κ2) is 8.85. The minimum Gasteiger partial charge on any atom is -0.478 e. The predicted octanol–water partition coefficient (Wildman–Crippen LogP) is 1.31. The maximum absolute atomic E-state index is 9.02. The van der Waals surface area contributed by atoms with E-state index in [1.165, 1.54) is 0 Å². The minimum absolute atomic E-state index is 0.00640. The smallest absolute Gasteiger partial charge is 0.213 e. The van der Waals surface area contributed by atoms with Crippen LogP contribution in [-0.2, 0) is 16.1 Å². The van der Waals surface area contributed by atoms with Crippen LogP contribution in [0.2, 0.25) is 0 Å². The number of aryl methyl sites for hydroxylation is 1. The number of aliphatic hydroxyl groups is 1. The highest BCUT2D eigenvalue weighted by atomic mass is 16.5. The number of hydrogen-bond acceptors (Lipinski definition) is 5. The van der Waals surface area contributed by atoms with Gasteiger partial charge in [-0.2, -0.15) is 0 Å². The fourth-order valence-corrected chi connectivity index (χ4v) is 1.40. The number of rotatable bonds is 9. The largest absolute Gasteiger partial charge is 0.478 e. The molecule has 0 aliphatic rings. The first kappa shape index (κ1) is 14.9. The summed E-state index contributed by atoms with van der Waals surface area (Å²) >= 11 is 0. The molecule has 1 aromatic heterocycles. The highest BCUT2D eigenvalue weighted by Crippen LogP contribution is 2.12. The fourth-order valence-electron chi connectivity index (χ4n) is 1.40. The number of methoxy groups -OCH3 is 1. The fraction of sp³-hybridized carbons (Fsp3) is 0.615. The van der Waals surface area contributed by atoms with Gasteiger partial charge in [0.1, 0.15) is 0 Å². The lowest BCUT2D eigenvalue weighted by Crippen LogP contribution is -2.07. The van der Waals surface area contributed by atoms with Gasteiger partial charge in [-0.25, -0.2) is 4.98 Å². The maximum Gasteiger partial charge on any atom is 0.213 e. The van der Waals surface area contributed by atoms with Gasteiger partial charge in [0.15, 0.2) is 0 Å². The third-order valence-corrected chi connectivity index (χ3v) is 2.45. The Hall–Kier alpha value is -1.17. The van der Waals surface area contributed by atoms with Gasteiger partial charge in [-0.1, -0.05) is 0 Å². The van der Waals surface area contributed by atoms with E-state index >= 15 is 0 Å². The van der Waals surface area contributed by atoms with Crippen molar-refractivity contribution in [1.29, 1.82) is 0 Å². The molecule has 0 atom stereocenters. The molecule has 0 saturated heterocycles. The molecule has 1 N–H and O–H groups in total. The van der Waals surface area contributed by atoms with Crippen molar-refractivity contribution in [3.8, 4) is 5.88 Å². The van der Waals surface area contributed by atoms with Crippen molar-refractivity contribution in [3.63, 3.8) is 0 Å². The van der Waals surface area contributed by atoms with Gasteiger partial charge >= 0.3 is 0 Å². The number of aromatic nitrogens is 1. The number of aliphatic hydroxyl groups excluding tert-OH is 1. The molecule has 1 heterocycles. The number of hydrogen-bond donors (Lipinski definition) is 1. The Bertz CT molecular complexity index is 344. The molecule has 0 aliphatic carbocycles. The standard InChI is InChI=1S/C13H21NO4/c1-11-12(10-15)4-5-13(14-11)18-7-3-6-17-9-8-16-2/h4-5,15H,3,6-10H2,1-2H3. The number of ether oxygens (including phenoxy) is 3. The molecule has 5 nitrogen and oxygen atoms in total. The van der Waals surface area contributed by atoms with E-state index in [0.29, 0.717) is 32.3 Å². The van der Waals surface area contributed by atoms with Gasteiger partial charge in [-0.15, -0.1) is 0 Å². The van der Waals surface area contributed by atoms with Gasteiger partial charge in [-0.05, 0) is 18.6 Å². The molecule has 0 bridgehead atoms. The second-order valence-electron chi connectivity index (χ2n) is 3.86. The average Bonchev–Trinajstić information content (AvgIpc) is 2.38. The van der Waals surface area contributed by atoms with Crippen LogP contribution in [0.25, 0.3) is 0 Å². The van der Waals surface area contributed by atoms with E-state index in [9.17, 15) is 0 Å². The van der Waals surface area contributed by atoms with Crippen LogP contribution in [0.3, 0.4) is 0 Å². The van der Waals surface area contributed by atoms with Crippen LogP contribution in [0.4, 0.5) is 0 Å². The summed E-state index contributed by atoms with van der Waals surface area (Å²) in [5.74, 6) is 0.585. The molecule has 0 saturated carbocycles. The highest BCUT2D eigenvalue weighted by molar-refractivity contribution is 5.24. The van der Waals surface area contributed by atoms with Crippen molar-refractivity contribution in [2.24, 2.45) is 0 Å². The first-order chi connectivity index (χ1) is 8.77. The summed E-state index contributed by atoms with van der Waals surface area (Å²) in [6.07, 6.45) is 0.812. The van der Waals surface area contributed by atoms with Crippen molar-refractivity contribution < 1.29 is 19.3 Å². The summed E-state index contributed by atoms with van der Waals surface area (Å²) in [5.41, 5.74) is 1.62. The van der Waals surface area contributed by atoms with Gasteiger partial charge in [0, 0.05) is 31.9 Å². The molecular formula is C13H21NO4. The molecule has 0 aliphatic heterocycles. The molecule has 0 fully saturated rings. The monoisotopic (exact) mass is 255 g/mol. The molecular weight excluding hydrogens is 234 g/mol. The van der Waals surface area contributed by atoms with Crippen LogP contribution >= 0.6 is 0 Å². The molecule has 102 valence electrons. The van der Waals surface area contributed by atoms with E-state index in [2.05, 4.69) is 4.98 Å². The van der Waals surface area contributed by atoms with Crippen LogP contribution in [0, 0.1) is 6.92 Å². The molecule has 5 heteroatoms. The SMILES string of the molecule is COCCOCCCOc1ccc(CO)c(C)n1. The topological polar surface area (TPSA) is 60.8 Å². The summed E-state index contributed by atoms with van der Waals surface area (Å²) < 4.78 is 15.7. The number of nitrogens with zero attached hydrogens (tertiary/aromatic N) is 1. The normalized spacial score (nSPS) is 10.6. The molecule has 0 aromatic carbocycles. The molecule has 1 rings (SSSR count). The van der Waals surface area contributed by atoms with Crippen LogP contribution in [0.1, 0.15) is 17.7 Å². The van der Waals surface area contributed by atoms with E-state index in [1.807, 2.05) is 13.0 Å². The third-order valence-electron chi connectivity index (χ3n) is 2.45. The maximum atomic E-state index is 9.02. The second-order valence-corrected chi connectivity index (χ2v) is 3.86. The zero-order valence-corrected chi connectivity index (χ0v) is 11.0. The van der Waals surface area contributed by atoms with Crippen LogP contribution in [0.5, 0.6) is 5.88 Å². The molecule has 0 spiro atoms. The lowest BCUT2D eigenvalue weighted by Gasteiger charge is -2.08. The zero-order valence-electron chi connectivity index (χ0n) is 11.0. The van der Waals surface area contributed by atoms with Gasteiger partial charge in [0.05, 0.1) is 26.4 Å². The summed E-state index contributed by atoms with van der Waals surface area (Å²) in [6.45, 7) is 4.30. The van der Waals surface area contributed by atoms with E-state index in [0.717, 1.165) is 17.7 Å². The Morgan fingerprint density at radius 1 is 1.17 bits per heavy atom. The van der Waals surface area contributed by atoms with Gasteiger partial charge in [0.25, 0.3) is 0 Å². The molecule has 0 radical (unpaired) electrons. The summed E-state index contributed by atoms with van der Waals surface area (Å²) in [4.78, 5) is 4.25. The summed E-state index contributed by atoms with van der Waals surface area (Å²) in [6, 6.07) is 3.59. The third kappa shape index (κ3) is 5.44. The Morgan fingerprint density at radius 3 is 2.67 bits per heavy atom. The predicted molar refractivity (Wildman–Crippen MR) is 67.7 cm³/mol. The van der Waals surface area contributed by atoms with Crippen molar-refractivity contribution in [3.05, 3.63) is 23.4 Å². The van der Waals surface area contributed by atoms with Gasteiger partial charge in [0.2, 0.25) is 5.88 Å². The molecule has 1 aromatic rings. The van der Waals surface area contributed by atoms with Gasteiger partial charge in [-0.3, -0.25) is 0 Å². The minimum atomic E-state index is 0.00640. The Labute approximate surface area is 108 Å². The lowest BCUT2D eigenvalue weighted by molar-refractivity contribution is 0.0642.